The number of hydrogen-bond acceptors (Lipinski definition) is 3. The van der Waals surface area contributed by atoms with Crippen molar-refractivity contribution in [2.75, 3.05) is 6.61 Å². The second-order valence-corrected chi connectivity index (χ2v) is 4.92. The molecular formula is C17H17NO3. The summed E-state index contributed by atoms with van der Waals surface area (Å²) in [5.41, 5.74) is 8.28. The number of hydrogen-bond donors (Lipinski definition) is 1. The molecule has 0 aliphatic heterocycles. The van der Waals surface area contributed by atoms with Gasteiger partial charge in [0.15, 0.2) is 12.4 Å². The van der Waals surface area contributed by atoms with Gasteiger partial charge in [0.1, 0.15) is 5.75 Å². The normalized spacial score (nSPS) is 10.2. The number of carbonyl (C=O) groups excluding carboxylic acids is 2. The summed E-state index contributed by atoms with van der Waals surface area (Å²) in [6, 6.07) is 12.1. The van der Waals surface area contributed by atoms with E-state index in [1.165, 1.54) is 0 Å². The molecule has 2 aromatic rings. The zero-order valence-electron chi connectivity index (χ0n) is 12.1. The molecule has 0 spiro atoms. The zero-order chi connectivity index (χ0) is 15.4. The summed E-state index contributed by atoms with van der Waals surface area (Å²) in [5, 5.41) is 0. The molecule has 0 bridgehead atoms. The van der Waals surface area contributed by atoms with Gasteiger partial charge >= 0.3 is 0 Å². The van der Waals surface area contributed by atoms with Crippen molar-refractivity contribution >= 4 is 11.7 Å². The summed E-state index contributed by atoms with van der Waals surface area (Å²) < 4.78 is 5.44. The summed E-state index contributed by atoms with van der Waals surface area (Å²) in [6.45, 7) is 3.85. The van der Waals surface area contributed by atoms with Gasteiger partial charge in [0, 0.05) is 11.1 Å². The highest BCUT2D eigenvalue weighted by molar-refractivity contribution is 5.98. The second kappa shape index (κ2) is 6.22. The number of ether oxygens (including phenoxy) is 1. The minimum atomic E-state index is -0.493. The Morgan fingerprint density at radius 2 is 1.71 bits per heavy atom. The number of rotatable bonds is 5. The molecule has 108 valence electrons. The number of nitrogens with two attached hydrogens (primary N) is 1. The van der Waals surface area contributed by atoms with Crippen LogP contribution in [0.5, 0.6) is 5.75 Å². The van der Waals surface area contributed by atoms with Gasteiger partial charge in [-0.2, -0.15) is 0 Å². The maximum Gasteiger partial charge on any atom is 0.248 e. The van der Waals surface area contributed by atoms with Gasteiger partial charge in [-0.1, -0.05) is 23.8 Å². The van der Waals surface area contributed by atoms with Crippen molar-refractivity contribution < 1.29 is 14.3 Å². The summed E-state index contributed by atoms with van der Waals surface area (Å²) >= 11 is 0. The van der Waals surface area contributed by atoms with Crippen molar-refractivity contribution in [3.63, 3.8) is 0 Å². The van der Waals surface area contributed by atoms with Gasteiger partial charge in [0.05, 0.1) is 0 Å². The lowest BCUT2D eigenvalue weighted by molar-refractivity contribution is 0.0919. The lowest BCUT2D eigenvalue weighted by Crippen LogP contribution is -2.13. The molecule has 0 saturated carbocycles. The van der Waals surface area contributed by atoms with E-state index >= 15 is 0 Å². The van der Waals surface area contributed by atoms with Crippen molar-refractivity contribution in [2.45, 2.75) is 13.8 Å². The van der Waals surface area contributed by atoms with E-state index in [2.05, 4.69) is 0 Å². The van der Waals surface area contributed by atoms with Crippen LogP contribution in [0, 0.1) is 13.8 Å². The fourth-order valence-electron chi connectivity index (χ4n) is 2.07. The third kappa shape index (κ3) is 3.69. The van der Waals surface area contributed by atoms with Crippen LogP contribution < -0.4 is 10.5 Å². The Bertz CT molecular complexity index is 675. The van der Waals surface area contributed by atoms with Crippen LogP contribution in [0.4, 0.5) is 0 Å². The third-order valence-electron chi connectivity index (χ3n) is 3.19. The summed E-state index contributed by atoms with van der Waals surface area (Å²) in [4.78, 5) is 23.1. The molecule has 4 nitrogen and oxygen atoms in total. The number of amides is 1. The topological polar surface area (TPSA) is 69.4 Å². The fourth-order valence-corrected chi connectivity index (χ4v) is 2.07. The van der Waals surface area contributed by atoms with Crippen LogP contribution in [-0.4, -0.2) is 18.3 Å². The zero-order valence-corrected chi connectivity index (χ0v) is 12.1. The number of Topliss-reactive ketones (excluding diaryl/α,β-unsaturated/α-hetero) is 1. The van der Waals surface area contributed by atoms with Crippen molar-refractivity contribution in [3.05, 3.63) is 64.7 Å². The summed E-state index contributed by atoms with van der Waals surface area (Å²) in [6.07, 6.45) is 0. The van der Waals surface area contributed by atoms with Crippen LogP contribution in [-0.2, 0) is 0 Å². The van der Waals surface area contributed by atoms with Gasteiger partial charge in [-0.15, -0.1) is 0 Å². The Labute approximate surface area is 123 Å². The van der Waals surface area contributed by atoms with E-state index in [1.807, 2.05) is 32.0 Å². The Kier molecular flexibility index (Phi) is 4.38. The standard InChI is InChI=1S/C17H17NO3/c1-11-3-8-15(12(2)9-11)16(19)10-21-14-6-4-13(5-7-14)17(18)20/h3-9H,10H2,1-2H3,(H2,18,20). The largest absolute Gasteiger partial charge is 0.485 e. The van der Waals surface area contributed by atoms with Crippen LogP contribution in [0.15, 0.2) is 42.5 Å². The maximum atomic E-state index is 12.1. The van der Waals surface area contributed by atoms with E-state index in [0.717, 1.165) is 11.1 Å². The number of benzene rings is 2. The molecule has 21 heavy (non-hydrogen) atoms. The van der Waals surface area contributed by atoms with Crippen LogP contribution in [0.1, 0.15) is 31.8 Å². The van der Waals surface area contributed by atoms with E-state index in [9.17, 15) is 9.59 Å². The first kappa shape index (κ1) is 14.8. The molecule has 0 atom stereocenters. The molecule has 0 heterocycles. The Hall–Kier alpha value is -2.62. The Morgan fingerprint density at radius 3 is 2.29 bits per heavy atom. The quantitative estimate of drug-likeness (QED) is 0.858. The predicted octanol–water partition coefficient (Wildman–Crippen LogP) is 2.66. The van der Waals surface area contributed by atoms with E-state index in [1.54, 1.807) is 24.3 Å². The van der Waals surface area contributed by atoms with Gasteiger partial charge < -0.3 is 10.5 Å². The van der Waals surface area contributed by atoms with Crippen LogP contribution in [0.3, 0.4) is 0 Å². The first-order valence-electron chi connectivity index (χ1n) is 6.60. The van der Waals surface area contributed by atoms with Gasteiger partial charge in [-0.3, -0.25) is 9.59 Å². The SMILES string of the molecule is Cc1ccc(C(=O)COc2ccc(C(N)=O)cc2)c(C)c1. The molecule has 0 fully saturated rings. The average Bonchev–Trinajstić information content (AvgIpc) is 2.45. The maximum absolute atomic E-state index is 12.1. The molecule has 0 saturated heterocycles. The van der Waals surface area contributed by atoms with Gasteiger partial charge in [-0.25, -0.2) is 0 Å². The number of aryl methyl sites for hydroxylation is 2. The van der Waals surface area contributed by atoms with Crippen molar-refractivity contribution in [3.8, 4) is 5.75 Å². The smallest absolute Gasteiger partial charge is 0.248 e. The van der Waals surface area contributed by atoms with Crippen molar-refractivity contribution in [2.24, 2.45) is 5.73 Å². The molecule has 1 amide bonds. The molecule has 0 aliphatic rings. The molecule has 0 unspecified atom stereocenters. The lowest BCUT2D eigenvalue weighted by Gasteiger charge is -2.08. The highest BCUT2D eigenvalue weighted by atomic mass is 16.5. The molecular weight excluding hydrogens is 266 g/mol. The van der Waals surface area contributed by atoms with Crippen LogP contribution in [0.25, 0.3) is 0 Å². The summed E-state index contributed by atoms with van der Waals surface area (Å²) in [5.74, 6) is -0.0440. The van der Waals surface area contributed by atoms with E-state index in [4.69, 9.17) is 10.5 Å². The van der Waals surface area contributed by atoms with Gasteiger partial charge in [0.25, 0.3) is 0 Å². The van der Waals surface area contributed by atoms with E-state index < -0.39 is 5.91 Å². The van der Waals surface area contributed by atoms with Gasteiger partial charge in [0.2, 0.25) is 5.91 Å². The molecule has 2 N–H and O–H groups in total. The molecule has 0 radical (unpaired) electrons. The highest BCUT2D eigenvalue weighted by Gasteiger charge is 2.10. The van der Waals surface area contributed by atoms with Crippen molar-refractivity contribution in [1.82, 2.24) is 0 Å². The molecule has 2 aromatic carbocycles. The Balaban J connectivity index is 2.02. The number of primary amides is 1. The van der Waals surface area contributed by atoms with Crippen LogP contribution >= 0.6 is 0 Å². The first-order chi connectivity index (χ1) is 9.97. The average molecular weight is 283 g/mol. The number of ketones is 1. The molecule has 4 heteroatoms. The predicted molar refractivity (Wildman–Crippen MR) is 80.7 cm³/mol. The van der Waals surface area contributed by atoms with Gasteiger partial charge in [-0.05, 0) is 43.7 Å². The number of carbonyl (C=O) groups is 2. The molecule has 0 aromatic heterocycles. The molecule has 0 aliphatic carbocycles. The van der Waals surface area contributed by atoms with Crippen LogP contribution in [0.2, 0.25) is 0 Å². The Morgan fingerprint density at radius 1 is 1.05 bits per heavy atom. The fraction of sp³-hybridized carbons (Fsp3) is 0.176. The van der Waals surface area contributed by atoms with E-state index in [0.29, 0.717) is 16.9 Å². The van der Waals surface area contributed by atoms with Crippen molar-refractivity contribution in [1.29, 1.82) is 0 Å². The minimum absolute atomic E-state index is 0.0418. The third-order valence-corrected chi connectivity index (χ3v) is 3.19. The molecule has 2 rings (SSSR count). The lowest BCUT2D eigenvalue weighted by atomic mass is 10.0. The minimum Gasteiger partial charge on any atom is -0.485 e. The first-order valence-corrected chi connectivity index (χ1v) is 6.60. The second-order valence-electron chi connectivity index (χ2n) is 4.92. The van der Waals surface area contributed by atoms with E-state index in [-0.39, 0.29) is 12.4 Å². The highest BCUT2D eigenvalue weighted by Crippen LogP contribution is 2.14. The summed E-state index contributed by atoms with van der Waals surface area (Å²) in [7, 11) is 0. The monoisotopic (exact) mass is 283 g/mol.